The molecule has 4 aromatic rings. The number of nitrogen functional groups attached to an aromatic ring is 1. The Morgan fingerprint density at radius 3 is 2.76 bits per heavy atom. The maximum absolute atomic E-state index is 16.7. The van der Waals surface area contributed by atoms with Gasteiger partial charge in [0.25, 0.3) is 0 Å². The summed E-state index contributed by atoms with van der Waals surface area (Å²) < 4.78 is 23.8. The number of benzene rings is 2. The van der Waals surface area contributed by atoms with Gasteiger partial charge in [-0.05, 0) is 19.1 Å². The van der Waals surface area contributed by atoms with Crippen molar-refractivity contribution >= 4 is 61.0 Å². The number of hydrogen-bond acceptors (Lipinski definition) is 11. The number of halogens is 2. The standard InChI is InChI=1S/C29H33ClFN9OS/c1-15-14-41-22-9-16(34-15)11-40(22)17-12-39(13-17)29-36-26-19(27(37-29)38-7-5-33-6-8-38)10-20(30)23(24(26)31)18-3-2-4-21-25(18)35-28(32)42-21/h2-4,10,15-17,22,33-34H,5-9,11-14H2,1H3,(H2,32,35). The molecule has 4 aliphatic heterocycles. The molecule has 2 aromatic heterocycles. The van der Waals surface area contributed by atoms with Crippen LogP contribution in [0, 0.1) is 5.82 Å². The predicted octanol–water partition coefficient (Wildman–Crippen LogP) is 3.29. The summed E-state index contributed by atoms with van der Waals surface area (Å²) in [5.74, 6) is 0.799. The van der Waals surface area contributed by atoms with Crippen molar-refractivity contribution < 1.29 is 9.13 Å². The molecule has 0 amide bonds. The Hall–Kier alpha value is -2.87. The SMILES string of the molecule is CC1COC2CC(CN2C2CN(c3nc(N4CCNCC4)c4cc(Cl)c(-c5cccc6sc(N)nc56)c(F)c4n3)C2)N1. The second-order valence-corrected chi connectivity index (χ2v) is 13.2. The predicted molar refractivity (Wildman–Crippen MR) is 166 cm³/mol. The maximum Gasteiger partial charge on any atom is 0.228 e. The minimum atomic E-state index is -0.466. The molecule has 220 valence electrons. The number of likely N-dealkylation sites (tertiary alicyclic amines) is 1. The van der Waals surface area contributed by atoms with E-state index in [1.165, 1.54) is 11.3 Å². The lowest BCUT2D eigenvalue weighted by Gasteiger charge is -2.46. The molecule has 0 saturated carbocycles. The summed E-state index contributed by atoms with van der Waals surface area (Å²) in [5.41, 5.74) is 7.82. The lowest BCUT2D eigenvalue weighted by atomic mass is 10.0. The minimum Gasteiger partial charge on any atom is -0.375 e. The Morgan fingerprint density at radius 1 is 1.10 bits per heavy atom. The fourth-order valence-electron chi connectivity index (χ4n) is 6.87. The van der Waals surface area contributed by atoms with Crippen molar-refractivity contribution in [1.82, 2.24) is 30.5 Å². The lowest BCUT2D eigenvalue weighted by molar-refractivity contribution is -0.0634. The average Bonchev–Trinajstić information content (AvgIpc) is 3.47. The third-order valence-corrected chi connectivity index (χ3v) is 10.1. The van der Waals surface area contributed by atoms with Gasteiger partial charge in [-0.2, -0.15) is 4.98 Å². The number of fused-ring (bicyclic) bond motifs is 4. The molecule has 3 unspecified atom stereocenters. The molecular formula is C29H33ClFN9OS. The Balaban J connectivity index is 1.18. The number of nitrogens with one attached hydrogen (secondary N) is 2. The molecule has 4 fully saturated rings. The van der Waals surface area contributed by atoms with Gasteiger partial charge in [0.2, 0.25) is 5.95 Å². The van der Waals surface area contributed by atoms with E-state index in [1.807, 2.05) is 24.3 Å². The Morgan fingerprint density at radius 2 is 1.93 bits per heavy atom. The van der Waals surface area contributed by atoms with E-state index in [0.29, 0.717) is 50.7 Å². The van der Waals surface area contributed by atoms with Crippen molar-refractivity contribution in [2.24, 2.45) is 0 Å². The van der Waals surface area contributed by atoms with Crippen molar-refractivity contribution in [3.63, 3.8) is 0 Å². The molecule has 4 N–H and O–H groups in total. The zero-order valence-corrected chi connectivity index (χ0v) is 24.9. The van der Waals surface area contributed by atoms with E-state index in [2.05, 4.69) is 37.2 Å². The molecule has 4 aliphatic rings. The van der Waals surface area contributed by atoms with E-state index >= 15 is 4.39 Å². The summed E-state index contributed by atoms with van der Waals surface area (Å²) in [4.78, 5) is 21.2. The van der Waals surface area contributed by atoms with Crippen LogP contribution in [0.5, 0.6) is 0 Å². The van der Waals surface area contributed by atoms with Gasteiger partial charge in [0, 0.05) is 86.9 Å². The van der Waals surface area contributed by atoms with Gasteiger partial charge >= 0.3 is 0 Å². The second kappa shape index (κ2) is 10.4. The summed E-state index contributed by atoms with van der Waals surface area (Å²) in [5, 5.41) is 8.42. The molecule has 2 bridgehead atoms. The van der Waals surface area contributed by atoms with E-state index in [9.17, 15) is 0 Å². The van der Waals surface area contributed by atoms with Crippen molar-refractivity contribution in [1.29, 1.82) is 0 Å². The molecule has 0 aliphatic carbocycles. The van der Waals surface area contributed by atoms with Crippen LogP contribution in [0.3, 0.4) is 0 Å². The van der Waals surface area contributed by atoms with E-state index in [1.54, 1.807) is 0 Å². The fraction of sp³-hybridized carbons (Fsp3) is 0.483. The van der Waals surface area contributed by atoms with Gasteiger partial charge < -0.3 is 30.9 Å². The number of nitrogens with zero attached hydrogens (tertiary/aromatic N) is 6. The van der Waals surface area contributed by atoms with Crippen molar-refractivity contribution in [2.75, 3.05) is 68.0 Å². The number of anilines is 3. The highest BCUT2D eigenvalue weighted by Gasteiger charge is 2.44. The second-order valence-electron chi connectivity index (χ2n) is 11.8. The summed E-state index contributed by atoms with van der Waals surface area (Å²) in [6.45, 7) is 8.62. The first-order valence-corrected chi connectivity index (χ1v) is 15.8. The molecule has 13 heteroatoms. The molecule has 8 rings (SSSR count). The summed E-state index contributed by atoms with van der Waals surface area (Å²) in [6.07, 6.45) is 1.14. The van der Waals surface area contributed by atoms with Crippen LogP contribution in [0.4, 0.5) is 21.3 Å². The molecule has 10 nitrogen and oxygen atoms in total. The monoisotopic (exact) mass is 609 g/mol. The Labute approximate surface area is 252 Å². The van der Waals surface area contributed by atoms with E-state index in [-0.39, 0.29) is 17.3 Å². The first-order chi connectivity index (χ1) is 20.4. The van der Waals surface area contributed by atoms with Gasteiger partial charge in [-0.15, -0.1) is 0 Å². The van der Waals surface area contributed by atoms with Crippen LogP contribution < -0.4 is 26.2 Å². The number of thiazole rings is 1. The number of piperazine rings is 1. The quantitative estimate of drug-likeness (QED) is 0.319. The summed E-state index contributed by atoms with van der Waals surface area (Å²) in [7, 11) is 0. The largest absolute Gasteiger partial charge is 0.375 e. The molecule has 0 radical (unpaired) electrons. The first kappa shape index (κ1) is 26.7. The molecule has 2 aromatic carbocycles. The highest BCUT2D eigenvalue weighted by molar-refractivity contribution is 7.22. The van der Waals surface area contributed by atoms with Crippen LogP contribution in [0.2, 0.25) is 5.02 Å². The van der Waals surface area contributed by atoms with E-state index in [4.69, 9.17) is 32.0 Å². The molecule has 42 heavy (non-hydrogen) atoms. The van der Waals surface area contributed by atoms with Crippen LogP contribution in [0.1, 0.15) is 13.3 Å². The van der Waals surface area contributed by atoms with Crippen LogP contribution in [0.15, 0.2) is 24.3 Å². The third-order valence-electron chi connectivity index (χ3n) is 8.93. The maximum atomic E-state index is 16.7. The number of para-hydroxylation sites is 1. The molecular weight excluding hydrogens is 577 g/mol. The van der Waals surface area contributed by atoms with Gasteiger partial charge in [0.1, 0.15) is 17.6 Å². The lowest BCUT2D eigenvalue weighted by Crippen LogP contribution is -2.62. The van der Waals surface area contributed by atoms with Gasteiger partial charge in [-0.25, -0.2) is 14.4 Å². The number of aromatic nitrogens is 3. The van der Waals surface area contributed by atoms with Gasteiger partial charge in [0.05, 0.1) is 21.8 Å². The minimum absolute atomic E-state index is 0.137. The van der Waals surface area contributed by atoms with Gasteiger partial charge in [-0.3, -0.25) is 4.90 Å². The van der Waals surface area contributed by atoms with Crippen LogP contribution in [-0.4, -0.2) is 96.6 Å². The molecule has 0 spiro atoms. The topological polar surface area (TPSA) is 108 Å². The van der Waals surface area contributed by atoms with Crippen molar-refractivity contribution in [2.45, 2.75) is 37.7 Å². The first-order valence-electron chi connectivity index (χ1n) is 14.6. The average molecular weight is 610 g/mol. The van der Waals surface area contributed by atoms with Gasteiger partial charge in [-0.1, -0.05) is 35.1 Å². The van der Waals surface area contributed by atoms with Crippen molar-refractivity contribution in [3.05, 3.63) is 35.1 Å². The number of nitrogens with two attached hydrogens (primary N) is 1. The normalized spacial score (nSPS) is 25.4. The summed E-state index contributed by atoms with van der Waals surface area (Å²) in [6, 6.07) is 8.62. The van der Waals surface area contributed by atoms with E-state index in [0.717, 1.165) is 69.4 Å². The highest BCUT2D eigenvalue weighted by Crippen LogP contribution is 2.42. The smallest absolute Gasteiger partial charge is 0.228 e. The molecule has 4 saturated heterocycles. The number of hydrogen-bond donors (Lipinski definition) is 3. The van der Waals surface area contributed by atoms with E-state index < -0.39 is 5.82 Å². The van der Waals surface area contributed by atoms with Crippen LogP contribution >= 0.6 is 22.9 Å². The van der Waals surface area contributed by atoms with Crippen molar-refractivity contribution in [3.8, 4) is 11.1 Å². The number of ether oxygens (including phenoxy) is 1. The molecule has 3 atom stereocenters. The zero-order valence-electron chi connectivity index (χ0n) is 23.3. The Bertz CT molecular complexity index is 1670. The highest BCUT2D eigenvalue weighted by atomic mass is 35.5. The Kier molecular flexibility index (Phi) is 6.61. The third kappa shape index (κ3) is 4.47. The molecule has 6 heterocycles. The summed E-state index contributed by atoms with van der Waals surface area (Å²) >= 11 is 8.21. The van der Waals surface area contributed by atoms with Crippen LogP contribution in [0.25, 0.3) is 32.2 Å². The zero-order chi connectivity index (χ0) is 28.5. The number of rotatable bonds is 4. The van der Waals surface area contributed by atoms with Gasteiger partial charge in [0.15, 0.2) is 10.9 Å². The fourth-order valence-corrected chi connectivity index (χ4v) is 7.93. The van der Waals surface area contributed by atoms with Crippen LogP contribution in [-0.2, 0) is 4.74 Å².